The van der Waals surface area contributed by atoms with Crippen LogP contribution in [0.15, 0.2) is 4.52 Å². The largest absolute Gasteiger partial charge is 0.346 e. The SMILES string of the molecule is CCNC(OC)(SP=O)c1nc(C(C)C)no1. The summed E-state index contributed by atoms with van der Waals surface area (Å²) in [7, 11) is 1.37. The summed E-state index contributed by atoms with van der Waals surface area (Å²) >= 11 is 1.01. The van der Waals surface area contributed by atoms with Crippen LogP contribution in [0.1, 0.15) is 38.4 Å². The molecule has 0 saturated heterocycles. The average molecular weight is 277 g/mol. The van der Waals surface area contributed by atoms with Gasteiger partial charge in [0.1, 0.15) is 0 Å². The number of hydrogen-bond donors (Lipinski definition) is 1. The minimum absolute atomic E-state index is 0.128. The highest BCUT2D eigenvalue weighted by atomic mass is 32.7. The highest BCUT2D eigenvalue weighted by molar-refractivity contribution is 8.46. The van der Waals surface area contributed by atoms with Crippen LogP contribution in [0.3, 0.4) is 0 Å². The molecule has 1 rings (SSSR count). The molecule has 0 amide bonds. The Morgan fingerprint density at radius 2 is 2.35 bits per heavy atom. The number of rotatable bonds is 7. The maximum Gasteiger partial charge on any atom is 0.286 e. The summed E-state index contributed by atoms with van der Waals surface area (Å²) in [6.07, 6.45) is 0. The molecule has 6 nitrogen and oxygen atoms in total. The molecule has 1 heterocycles. The third-order valence-corrected chi connectivity index (χ3v) is 3.91. The van der Waals surface area contributed by atoms with Crippen molar-refractivity contribution in [1.29, 1.82) is 0 Å². The second kappa shape index (κ2) is 6.44. The first-order chi connectivity index (χ1) is 8.09. The molecule has 17 heavy (non-hydrogen) atoms. The molecule has 0 aromatic carbocycles. The van der Waals surface area contributed by atoms with E-state index in [0.29, 0.717) is 12.4 Å². The van der Waals surface area contributed by atoms with Gasteiger partial charge in [0, 0.05) is 24.4 Å². The Hall–Kier alpha value is -0.490. The number of aromatic nitrogens is 2. The number of methoxy groups -OCH3 is 1. The number of nitrogens with zero attached hydrogens (tertiary/aromatic N) is 2. The molecule has 0 aliphatic carbocycles. The molecule has 0 radical (unpaired) electrons. The van der Waals surface area contributed by atoms with Crippen LogP contribution < -0.4 is 5.32 Å². The van der Waals surface area contributed by atoms with E-state index >= 15 is 0 Å². The predicted molar refractivity (Wildman–Crippen MR) is 65.9 cm³/mol. The van der Waals surface area contributed by atoms with Crippen LogP contribution in [0.25, 0.3) is 0 Å². The molecule has 8 heteroatoms. The van der Waals surface area contributed by atoms with Gasteiger partial charge in [-0.25, -0.2) is 0 Å². The van der Waals surface area contributed by atoms with Gasteiger partial charge in [0.15, 0.2) is 5.82 Å². The normalized spacial score (nSPS) is 15.4. The van der Waals surface area contributed by atoms with Crippen LogP contribution in [0.2, 0.25) is 0 Å². The van der Waals surface area contributed by atoms with Crippen molar-refractivity contribution in [3.8, 4) is 0 Å². The fourth-order valence-electron chi connectivity index (χ4n) is 1.23. The fourth-order valence-corrected chi connectivity index (χ4v) is 2.75. The minimum Gasteiger partial charge on any atom is -0.346 e. The van der Waals surface area contributed by atoms with E-state index in [1.807, 2.05) is 20.8 Å². The topological polar surface area (TPSA) is 77.2 Å². The van der Waals surface area contributed by atoms with E-state index in [0.717, 1.165) is 11.4 Å². The highest BCUT2D eigenvalue weighted by Gasteiger charge is 2.39. The molecule has 0 saturated carbocycles. The van der Waals surface area contributed by atoms with Gasteiger partial charge in [-0.05, 0) is 6.54 Å². The molecule has 0 fully saturated rings. The van der Waals surface area contributed by atoms with E-state index in [1.54, 1.807) is 0 Å². The van der Waals surface area contributed by atoms with Crippen molar-refractivity contribution in [1.82, 2.24) is 15.5 Å². The summed E-state index contributed by atoms with van der Waals surface area (Å²) in [5.41, 5.74) is 0. The first-order valence-corrected chi connectivity index (χ1v) is 7.48. The van der Waals surface area contributed by atoms with Crippen molar-refractivity contribution in [2.24, 2.45) is 0 Å². The molecule has 1 aromatic rings. The van der Waals surface area contributed by atoms with Gasteiger partial charge >= 0.3 is 0 Å². The van der Waals surface area contributed by atoms with Crippen LogP contribution >= 0.6 is 19.0 Å². The number of hydrogen-bond acceptors (Lipinski definition) is 7. The van der Waals surface area contributed by atoms with E-state index in [9.17, 15) is 4.57 Å². The molecular weight excluding hydrogens is 261 g/mol. The van der Waals surface area contributed by atoms with Crippen LogP contribution in [0, 0.1) is 0 Å². The van der Waals surface area contributed by atoms with Crippen molar-refractivity contribution in [3.05, 3.63) is 11.7 Å². The van der Waals surface area contributed by atoms with E-state index < -0.39 is 5.06 Å². The van der Waals surface area contributed by atoms with Crippen LogP contribution in [0.4, 0.5) is 0 Å². The molecular formula is C9H16N3O3PS. The van der Waals surface area contributed by atoms with E-state index in [1.165, 1.54) is 7.11 Å². The molecule has 0 bridgehead atoms. The van der Waals surface area contributed by atoms with Gasteiger partial charge in [-0.15, -0.1) is 0 Å². The molecule has 0 aliphatic rings. The quantitative estimate of drug-likeness (QED) is 0.606. The van der Waals surface area contributed by atoms with Crippen molar-refractivity contribution in [2.45, 2.75) is 31.7 Å². The molecule has 0 spiro atoms. The first kappa shape index (κ1) is 14.6. The van der Waals surface area contributed by atoms with E-state index in [2.05, 4.69) is 15.5 Å². The van der Waals surface area contributed by atoms with Gasteiger partial charge in [0.05, 0.1) is 0 Å². The van der Waals surface area contributed by atoms with Crippen molar-refractivity contribution in [3.63, 3.8) is 0 Å². The third-order valence-electron chi connectivity index (χ3n) is 2.10. The second-order valence-electron chi connectivity index (χ2n) is 3.63. The molecule has 1 N–H and O–H groups in total. The van der Waals surface area contributed by atoms with Gasteiger partial charge in [-0.2, -0.15) is 4.98 Å². The Kier molecular flexibility index (Phi) is 5.52. The van der Waals surface area contributed by atoms with E-state index in [-0.39, 0.29) is 19.5 Å². The summed E-state index contributed by atoms with van der Waals surface area (Å²) < 4.78 is 21.3. The van der Waals surface area contributed by atoms with E-state index in [4.69, 9.17) is 9.26 Å². The lowest BCUT2D eigenvalue weighted by Crippen LogP contribution is -2.40. The predicted octanol–water partition coefficient (Wildman–Crippen LogP) is 2.50. The summed E-state index contributed by atoms with van der Waals surface area (Å²) in [4.78, 5) is 4.26. The van der Waals surface area contributed by atoms with Crippen LogP contribution in [0.5, 0.6) is 0 Å². The Labute approximate surface area is 106 Å². The maximum absolute atomic E-state index is 10.8. The number of ether oxygens (including phenoxy) is 1. The lowest BCUT2D eigenvalue weighted by Gasteiger charge is -2.25. The lowest BCUT2D eigenvalue weighted by molar-refractivity contribution is 0.0151. The van der Waals surface area contributed by atoms with Crippen molar-refractivity contribution < 1.29 is 13.8 Å². The van der Waals surface area contributed by atoms with Crippen LogP contribution in [-0.2, 0) is 14.4 Å². The number of nitrogens with one attached hydrogen (secondary N) is 1. The molecule has 0 aliphatic heterocycles. The Bertz CT molecular complexity index is 374. The van der Waals surface area contributed by atoms with Gasteiger partial charge < -0.3 is 9.26 Å². The molecule has 1 atom stereocenters. The summed E-state index contributed by atoms with van der Waals surface area (Å²) in [5.74, 6) is 1.04. The summed E-state index contributed by atoms with van der Waals surface area (Å²) in [5, 5.41) is 5.86. The Morgan fingerprint density at radius 3 is 2.76 bits per heavy atom. The second-order valence-corrected chi connectivity index (χ2v) is 5.53. The third kappa shape index (κ3) is 3.25. The monoisotopic (exact) mass is 277 g/mol. The molecule has 1 aromatic heterocycles. The van der Waals surface area contributed by atoms with Gasteiger partial charge in [-0.1, -0.05) is 25.9 Å². The zero-order valence-corrected chi connectivity index (χ0v) is 12.0. The van der Waals surface area contributed by atoms with Gasteiger partial charge in [0.25, 0.3) is 10.9 Å². The van der Waals surface area contributed by atoms with Gasteiger partial charge in [-0.3, -0.25) is 9.88 Å². The van der Waals surface area contributed by atoms with Crippen molar-refractivity contribution in [2.75, 3.05) is 13.7 Å². The Balaban J connectivity index is 3.06. The maximum atomic E-state index is 10.8. The first-order valence-electron chi connectivity index (χ1n) is 5.24. The Morgan fingerprint density at radius 1 is 1.65 bits per heavy atom. The average Bonchev–Trinajstić information content (AvgIpc) is 2.78. The van der Waals surface area contributed by atoms with Crippen molar-refractivity contribution >= 4 is 19.0 Å². The molecule has 96 valence electrons. The molecule has 1 unspecified atom stereocenters. The zero-order chi connectivity index (χ0) is 12.9. The standard InChI is InChI=1S/C9H16N3O3PS/c1-5-10-9(14-4,17-16-13)8-11-7(6(2)3)12-15-8/h6,10H,5H2,1-4H3. The van der Waals surface area contributed by atoms with Crippen LogP contribution in [-0.4, -0.2) is 23.8 Å². The minimum atomic E-state index is -1.06. The zero-order valence-electron chi connectivity index (χ0n) is 10.3. The lowest BCUT2D eigenvalue weighted by atomic mass is 10.2. The fraction of sp³-hybridized carbons (Fsp3) is 0.778. The smallest absolute Gasteiger partial charge is 0.286 e. The summed E-state index contributed by atoms with van der Waals surface area (Å²) in [6, 6.07) is 0. The van der Waals surface area contributed by atoms with Gasteiger partial charge in [0.2, 0.25) is 7.66 Å². The highest BCUT2D eigenvalue weighted by Crippen LogP contribution is 2.40. The summed E-state index contributed by atoms with van der Waals surface area (Å²) in [6.45, 7) is 6.47.